The Bertz CT molecular complexity index is 555. The SMILES string of the molecule is CCN1CCN(CCOc2cc(Cl)cc(N3CCNCC3)c2C)CC1. The van der Waals surface area contributed by atoms with Crippen molar-refractivity contribution in [2.24, 2.45) is 0 Å². The molecule has 0 aromatic heterocycles. The Balaban J connectivity index is 1.56. The molecule has 1 aromatic carbocycles. The van der Waals surface area contributed by atoms with Gasteiger partial charge >= 0.3 is 0 Å². The van der Waals surface area contributed by atoms with Crippen molar-refractivity contribution in [2.75, 3.05) is 77.0 Å². The number of piperazine rings is 2. The molecule has 25 heavy (non-hydrogen) atoms. The van der Waals surface area contributed by atoms with E-state index in [1.54, 1.807) is 0 Å². The van der Waals surface area contributed by atoms with E-state index in [9.17, 15) is 0 Å². The summed E-state index contributed by atoms with van der Waals surface area (Å²) in [5, 5.41) is 4.15. The minimum atomic E-state index is 0.717. The summed E-state index contributed by atoms with van der Waals surface area (Å²) in [4.78, 5) is 7.38. The van der Waals surface area contributed by atoms with Gasteiger partial charge in [0.2, 0.25) is 0 Å². The number of rotatable bonds is 6. The fraction of sp³-hybridized carbons (Fsp3) is 0.684. The maximum absolute atomic E-state index is 6.36. The van der Waals surface area contributed by atoms with Gasteiger partial charge in [-0.15, -0.1) is 0 Å². The zero-order chi connectivity index (χ0) is 17.6. The molecule has 0 aliphatic carbocycles. The number of hydrogen-bond donors (Lipinski definition) is 1. The zero-order valence-electron chi connectivity index (χ0n) is 15.6. The molecular weight excluding hydrogens is 336 g/mol. The van der Waals surface area contributed by atoms with Crippen LogP contribution in [0.1, 0.15) is 12.5 Å². The fourth-order valence-corrected chi connectivity index (χ4v) is 3.84. The third-order valence-electron chi connectivity index (χ3n) is 5.33. The molecule has 0 unspecified atom stereocenters. The number of benzene rings is 1. The molecule has 3 rings (SSSR count). The third kappa shape index (κ3) is 5.00. The van der Waals surface area contributed by atoms with Crippen molar-refractivity contribution < 1.29 is 4.74 Å². The van der Waals surface area contributed by atoms with E-state index in [0.29, 0.717) is 6.61 Å². The van der Waals surface area contributed by atoms with Crippen LogP contribution >= 0.6 is 11.6 Å². The Morgan fingerprint density at radius 2 is 1.72 bits per heavy atom. The molecular formula is C19H31ClN4O. The highest BCUT2D eigenvalue weighted by Gasteiger charge is 2.18. The molecule has 2 saturated heterocycles. The summed E-state index contributed by atoms with van der Waals surface area (Å²) in [5.74, 6) is 0.924. The highest BCUT2D eigenvalue weighted by Crippen LogP contribution is 2.33. The fourth-order valence-electron chi connectivity index (χ4n) is 3.64. The van der Waals surface area contributed by atoms with E-state index in [1.165, 1.54) is 24.3 Å². The monoisotopic (exact) mass is 366 g/mol. The van der Waals surface area contributed by atoms with E-state index >= 15 is 0 Å². The summed E-state index contributed by atoms with van der Waals surface area (Å²) < 4.78 is 6.12. The van der Waals surface area contributed by atoms with Gasteiger partial charge in [0.25, 0.3) is 0 Å². The molecule has 1 aromatic rings. The van der Waals surface area contributed by atoms with Crippen LogP contribution < -0.4 is 15.0 Å². The lowest BCUT2D eigenvalue weighted by Gasteiger charge is -2.34. The van der Waals surface area contributed by atoms with E-state index < -0.39 is 0 Å². The molecule has 0 radical (unpaired) electrons. The predicted molar refractivity (Wildman–Crippen MR) is 105 cm³/mol. The largest absolute Gasteiger partial charge is 0.492 e. The van der Waals surface area contributed by atoms with Crippen LogP contribution in [0.3, 0.4) is 0 Å². The minimum Gasteiger partial charge on any atom is -0.492 e. The van der Waals surface area contributed by atoms with E-state index in [-0.39, 0.29) is 0 Å². The molecule has 0 atom stereocenters. The van der Waals surface area contributed by atoms with E-state index in [0.717, 1.165) is 63.1 Å². The van der Waals surface area contributed by atoms with Gasteiger partial charge in [0.05, 0.1) is 0 Å². The Hall–Kier alpha value is -1.01. The first-order valence-electron chi connectivity index (χ1n) is 9.50. The molecule has 2 heterocycles. The number of hydrogen-bond acceptors (Lipinski definition) is 5. The number of nitrogens with one attached hydrogen (secondary N) is 1. The first-order valence-corrected chi connectivity index (χ1v) is 9.88. The van der Waals surface area contributed by atoms with Crippen LogP contribution in [-0.2, 0) is 0 Å². The van der Waals surface area contributed by atoms with Crippen LogP contribution in [0, 0.1) is 6.92 Å². The average Bonchev–Trinajstić information content (AvgIpc) is 2.65. The van der Waals surface area contributed by atoms with Crippen molar-refractivity contribution in [2.45, 2.75) is 13.8 Å². The minimum absolute atomic E-state index is 0.717. The van der Waals surface area contributed by atoms with Gasteiger partial charge in [-0.1, -0.05) is 18.5 Å². The van der Waals surface area contributed by atoms with Crippen molar-refractivity contribution in [3.63, 3.8) is 0 Å². The van der Waals surface area contributed by atoms with Crippen molar-refractivity contribution in [3.05, 3.63) is 22.7 Å². The second-order valence-corrected chi connectivity index (χ2v) is 7.35. The molecule has 5 nitrogen and oxygen atoms in total. The molecule has 2 aliphatic heterocycles. The van der Waals surface area contributed by atoms with Gasteiger partial charge in [-0.25, -0.2) is 0 Å². The summed E-state index contributed by atoms with van der Waals surface area (Å²) in [6.07, 6.45) is 0. The number of halogens is 1. The van der Waals surface area contributed by atoms with E-state index in [4.69, 9.17) is 16.3 Å². The maximum Gasteiger partial charge on any atom is 0.125 e. The van der Waals surface area contributed by atoms with Gasteiger partial charge in [0, 0.05) is 75.2 Å². The standard InChI is InChI=1S/C19H31ClN4O/c1-3-22-8-10-23(11-9-22)12-13-25-19-15-17(20)14-18(16(19)2)24-6-4-21-5-7-24/h14-15,21H,3-13H2,1-2H3. The Morgan fingerprint density at radius 1 is 1.04 bits per heavy atom. The molecule has 1 N–H and O–H groups in total. The second-order valence-electron chi connectivity index (χ2n) is 6.91. The van der Waals surface area contributed by atoms with Gasteiger partial charge in [0.1, 0.15) is 12.4 Å². The number of nitrogens with zero attached hydrogens (tertiary/aromatic N) is 3. The highest BCUT2D eigenvalue weighted by molar-refractivity contribution is 6.31. The smallest absolute Gasteiger partial charge is 0.125 e. The Morgan fingerprint density at radius 3 is 2.40 bits per heavy atom. The lowest BCUT2D eigenvalue weighted by molar-refractivity contribution is 0.120. The molecule has 0 bridgehead atoms. The van der Waals surface area contributed by atoms with Gasteiger partial charge in [-0.3, -0.25) is 4.90 Å². The average molecular weight is 367 g/mol. The van der Waals surface area contributed by atoms with Crippen molar-refractivity contribution in [1.82, 2.24) is 15.1 Å². The van der Waals surface area contributed by atoms with Crippen LogP contribution in [0.2, 0.25) is 5.02 Å². The summed E-state index contributed by atoms with van der Waals surface area (Å²) in [5.41, 5.74) is 2.41. The van der Waals surface area contributed by atoms with Crippen LogP contribution in [-0.4, -0.2) is 81.9 Å². The third-order valence-corrected chi connectivity index (χ3v) is 5.55. The predicted octanol–water partition coefficient (Wildman–Crippen LogP) is 2.07. The number of anilines is 1. The summed E-state index contributed by atoms with van der Waals surface area (Å²) in [6, 6.07) is 4.02. The molecule has 2 aliphatic rings. The van der Waals surface area contributed by atoms with E-state index in [1.807, 2.05) is 6.07 Å². The lowest BCUT2D eigenvalue weighted by atomic mass is 10.1. The summed E-state index contributed by atoms with van der Waals surface area (Å²) in [7, 11) is 0. The molecule has 0 saturated carbocycles. The lowest BCUT2D eigenvalue weighted by Crippen LogP contribution is -2.47. The Kier molecular flexibility index (Phi) is 6.82. The molecule has 0 spiro atoms. The molecule has 140 valence electrons. The second kappa shape index (κ2) is 9.08. The number of ether oxygens (including phenoxy) is 1. The van der Waals surface area contributed by atoms with Crippen molar-refractivity contribution in [3.8, 4) is 5.75 Å². The van der Waals surface area contributed by atoms with Crippen LogP contribution in [0.4, 0.5) is 5.69 Å². The van der Waals surface area contributed by atoms with Crippen molar-refractivity contribution in [1.29, 1.82) is 0 Å². The quantitative estimate of drug-likeness (QED) is 0.833. The molecule has 6 heteroatoms. The van der Waals surface area contributed by atoms with Crippen LogP contribution in [0.25, 0.3) is 0 Å². The summed E-state index contributed by atoms with van der Waals surface area (Å²) >= 11 is 6.36. The molecule has 0 amide bonds. The highest BCUT2D eigenvalue weighted by atomic mass is 35.5. The van der Waals surface area contributed by atoms with Gasteiger partial charge < -0.3 is 19.9 Å². The van der Waals surface area contributed by atoms with Gasteiger partial charge in [-0.2, -0.15) is 0 Å². The molecule has 2 fully saturated rings. The number of likely N-dealkylation sites (N-methyl/N-ethyl adjacent to an activating group) is 1. The van der Waals surface area contributed by atoms with Crippen molar-refractivity contribution >= 4 is 17.3 Å². The van der Waals surface area contributed by atoms with Gasteiger partial charge in [-0.05, 0) is 25.6 Å². The Labute approximate surface area is 156 Å². The zero-order valence-corrected chi connectivity index (χ0v) is 16.3. The van der Waals surface area contributed by atoms with Crippen LogP contribution in [0.15, 0.2) is 12.1 Å². The van der Waals surface area contributed by atoms with E-state index in [2.05, 4.69) is 39.9 Å². The van der Waals surface area contributed by atoms with Gasteiger partial charge in [0.15, 0.2) is 0 Å². The summed E-state index contributed by atoms with van der Waals surface area (Å²) in [6.45, 7) is 15.9. The normalized spacial score (nSPS) is 20.0. The topological polar surface area (TPSA) is 31.0 Å². The first-order chi connectivity index (χ1) is 12.2. The maximum atomic E-state index is 6.36. The van der Waals surface area contributed by atoms with Crippen LogP contribution in [0.5, 0.6) is 5.75 Å². The first kappa shape index (κ1) is 18.8.